The van der Waals surface area contributed by atoms with Crippen LogP contribution in [0.2, 0.25) is 0 Å². The third kappa shape index (κ3) is 4.19. The number of aliphatic hydroxyl groups is 1. The Morgan fingerprint density at radius 2 is 1.63 bits per heavy atom. The molecule has 1 unspecified atom stereocenters. The van der Waals surface area contributed by atoms with Gasteiger partial charge in [-0.3, -0.25) is 4.79 Å². The highest BCUT2D eigenvalue weighted by Crippen LogP contribution is 2.27. The summed E-state index contributed by atoms with van der Waals surface area (Å²) in [5, 5.41) is 8.90. The van der Waals surface area contributed by atoms with E-state index in [1.807, 2.05) is 37.3 Å². The standard InChI is InChI=1S/C22H22O4S/c1-16-10-13-19(14-11-16)27(25,26)20-15-12-18(21(23)22(20)24)9-5-8-17-6-3-2-4-7-17/h2-4,6-7,10-15,20,23H,5,8-9H2,1H3. The van der Waals surface area contributed by atoms with Crippen LogP contribution in [0.4, 0.5) is 0 Å². The minimum absolute atomic E-state index is 0.0800. The monoisotopic (exact) mass is 382 g/mol. The molecule has 0 bridgehead atoms. The zero-order chi connectivity index (χ0) is 19.4. The van der Waals surface area contributed by atoms with E-state index >= 15 is 0 Å². The van der Waals surface area contributed by atoms with Gasteiger partial charge in [-0.1, -0.05) is 60.2 Å². The fourth-order valence-corrected chi connectivity index (χ4v) is 4.60. The molecule has 1 aliphatic rings. The third-order valence-corrected chi connectivity index (χ3v) is 6.68. The summed E-state index contributed by atoms with van der Waals surface area (Å²) in [7, 11) is -3.88. The van der Waals surface area contributed by atoms with Gasteiger partial charge in [0.25, 0.3) is 0 Å². The van der Waals surface area contributed by atoms with E-state index in [-0.39, 0.29) is 4.90 Å². The molecule has 0 aromatic heterocycles. The summed E-state index contributed by atoms with van der Waals surface area (Å²) in [5.41, 5.74) is 2.61. The van der Waals surface area contributed by atoms with Crippen molar-refractivity contribution in [1.29, 1.82) is 0 Å². The van der Waals surface area contributed by atoms with E-state index in [1.165, 1.54) is 23.8 Å². The molecule has 1 aliphatic carbocycles. The molecule has 1 atom stereocenters. The second kappa shape index (κ2) is 7.92. The molecule has 0 heterocycles. The number of carbonyl (C=O) groups is 1. The predicted molar refractivity (Wildman–Crippen MR) is 105 cm³/mol. The minimum atomic E-state index is -3.88. The highest BCUT2D eigenvalue weighted by Gasteiger charge is 2.36. The molecule has 1 N–H and O–H groups in total. The number of ketones is 1. The number of allylic oxidation sites excluding steroid dienone is 3. The SMILES string of the molecule is Cc1ccc(S(=O)(=O)C2C=CC(CCCc3ccccc3)=C(O)C2=O)cc1. The Bertz CT molecular complexity index is 984. The van der Waals surface area contributed by atoms with Crippen LogP contribution in [0.3, 0.4) is 0 Å². The van der Waals surface area contributed by atoms with Crippen molar-refractivity contribution in [1.82, 2.24) is 0 Å². The molecule has 5 heteroatoms. The number of rotatable bonds is 6. The minimum Gasteiger partial charge on any atom is -0.504 e. The van der Waals surface area contributed by atoms with Crippen LogP contribution in [-0.2, 0) is 21.1 Å². The van der Waals surface area contributed by atoms with Gasteiger partial charge in [-0.2, -0.15) is 0 Å². The molecular weight excluding hydrogens is 360 g/mol. The number of sulfone groups is 1. The Labute approximate surface area is 159 Å². The number of carbonyl (C=O) groups excluding carboxylic acids is 1. The molecule has 0 amide bonds. The van der Waals surface area contributed by atoms with Crippen molar-refractivity contribution in [3.63, 3.8) is 0 Å². The van der Waals surface area contributed by atoms with E-state index in [1.54, 1.807) is 18.2 Å². The Kier molecular flexibility index (Phi) is 5.61. The fraction of sp³-hybridized carbons (Fsp3) is 0.227. The van der Waals surface area contributed by atoms with Crippen molar-refractivity contribution in [2.75, 3.05) is 0 Å². The van der Waals surface area contributed by atoms with Crippen molar-refractivity contribution < 1.29 is 18.3 Å². The second-order valence-corrected chi connectivity index (χ2v) is 8.78. The molecule has 0 fully saturated rings. The van der Waals surface area contributed by atoms with Gasteiger partial charge >= 0.3 is 0 Å². The summed E-state index contributed by atoms with van der Waals surface area (Å²) < 4.78 is 25.5. The van der Waals surface area contributed by atoms with Crippen LogP contribution in [0.1, 0.15) is 24.0 Å². The first-order valence-corrected chi connectivity index (χ1v) is 10.4. The lowest BCUT2D eigenvalue weighted by Crippen LogP contribution is -2.32. The summed E-state index contributed by atoms with van der Waals surface area (Å²) in [6.45, 7) is 1.86. The maximum Gasteiger partial charge on any atom is 0.219 e. The van der Waals surface area contributed by atoms with Gasteiger partial charge in [0.2, 0.25) is 5.78 Å². The number of benzene rings is 2. The van der Waals surface area contributed by atoms with E-state index < -0.39 is 26.6 Å². The maximum atomic E-state index is 12.8. The van der Waals surface area contributed by atoms with Gasteiger partial charge in [0, 0.05) is 0 Å². The van der Waals surface area contributed by atoms with Crippen molar-refractivity contribution in [2.45, 2.75) is 36.3 Å². The summed E-state index contributed by atoms with van der Waals surface area (Å²) in [5.74, 6) is -1.20. The van der Waals surface area contributed by atoms with Crippen molar-refractivity contribution in [2.24, 2.45) is 0 Å². The molecule has 0 saturated heterocycles. The molecule has 2 aromatic carbocycles. The van der Waals surface area contributed by atoms with Gasteiger partial charge in [0.1, 0.15) is 0 Å². The number of aryl methyl sites for hydroxylation is 2. The highest BCUT2D eigenvalue weighted by atomic mass is 32.2. The summed E-state index contributed by atoms with van der Waals surface area (Å²) in [4.78, 5) is 12.6. The molecule has 4 nitrogen and oxygen atoms in total. The summed E-state index contributed by atoms with van der Waals surface area (Å²) in [6.07, 6.45) is 5.05. The second-order valence-electron chi connectivity index (χ2n) is 6.72. The van der Waals surface area contributed by atoms with Crippen molar-refractivity contribution in [3.8, 4) is 0 Å². The lowest BCUT2D eigenvalue weighted by molar-refractivity contribution is -0.117. The van der Waals surface area contributed by atoms with Gasteiger partial charge in [0.05, 0.1) is 4.90 Å². The lowest BCUT2D eigenvalue weighted by atomic mass is 9.97. The zero-order valence-electron chi connectivity index (χ0n) is 15.1. The van der Waals surface area contributed by atoms with E-state index in [9.17, 15) is 18.3 Å². The van der Waals surface area contributed by atoms with Gasteiger partial charge < -0.3 is 5.11 Å². The Balaban J connectivity index is 1.72. The highest BCUT2D eigenvalue weighted by molar-refractivity contribution is 7.93. The summed E-state index contributed by atoms with van der Waals surface area (Å²) >= 11 is 0. The first-order chi connectivity index (χ1) is 12.9. The Morgan fingerprint density at radius 3 is 2.30 bits per heavy atom. The number of hydrogen-bond donors (Lipinski definition) is 1. The van der Waals surface area contributed by atoms with Gasteiger partial charge in [-0.25, -0.2) is 8.42 Å². The predicted octanol–water partition coefficient (Wildman–Crippen LogP) is 4.11. The molecule has 0 spiro atoms. The average Bonchev–Trinajstić information content (AvgIpc) is 2.66. The van der Waals surface area contributed by atoms with E-state index in [4.69, 9.17) is 0 Å². The van der Waals surface area contributed by atoms with Gasteiger partial charge in [-0.15, -0.1) is 0 Å². The van der Waals surface area contributed by atoms with Crippen LogP contribution in [-0.4, -0.2) is 24.6 Å². The van der Waals surface area contributed by atoms with E-state index in [2.05, 4.69) is 0 Å². The quantitative estimate of drug-likeness (QED) is 0.816. The topological polar surface area (TPSA) is 71.4 Å². The molecule has 0 aliphatic heterocycles. The van der Waals surface area contributed by atoms with E-state index in [0.29, 0.717) is 12.0 Å². The van der Waals surface area contributed by atoms with Crippen LogP contribution in [0.15, 0.2) is 83.0 Å². The maximum absolute atomic E-state index is 12.8. The number of hydrogen-bond acceptors (Lipinski definition) is 4. The van der Waals surface area contributed by atoms with Crippen LogP contribution >= 0.6 is 0 Å². The largest absolute Gasteiger partial charge is 0.504 e. The number of Topliss-reactive ketones (excluding diaryl/α,β-unsaturated/α-hetero) is 1. The van der Waals surface area contributed by atoms with Crippen LogP contribution in [0.5, 0.6) is 0 Å². The lowest BCUT2D eigenvalue weighted by Gasteiger charge is -2.18. The fourth-order valence-electron chi connectivity index (χ4n) is 3.11. The molecule has 0 saturated carbocycles. The van der Waals surface area contributed by atoms with Gasteiger partial charge in [0.15, 0.2) is 20.8 Å². The third-order valence-electron chi connectivity index (χ3n) is 4.71. The molecule has 140 valence electrons. The smallest absolute Gasteiger partial charge is 0.219 e. The molecule has 0 radical (unpaired) electrons. The normalized spacial score (nSPS) is 17.4. The Hall–Kier alpha value is -2.66. The number of aliphatic hydroxyl groups excluding tert-OH is 1. The van der Waals surface area contributed by atoms with Crippen LogP contribution in [0, 0.1) is 6.92 Å². The first kappa shape index (κ1) is 19.1. The van der Waals surface area contributed by atoms with Crippen LogP contribution in [0.25, 0.3) is 0 Å². The first-order valence-electron chi connectivity index (χ1n) is 8.88. The van der Waals surface area contributed by atoms with Crippen molar-refractivity contribution >= 4 is 15.6 Å². The van der Waals surface area contributed by atoms with Crippen molar-refractivity contribution in [3.05, 3.63) is 89.2 Å². The zero-order valence-corrected chi connectivity index (χ0v) is 15.9. The van der Waals surface area contributed by atoms with E-state index in [0.717, 1.165) is 18.4 Å². The molecular formula is C22H22O4S. The molecule has 27 heavy (non-hydrogen) atoms. The summed E-state index contributed by atoms with van der Waals surface area (Å²) in [6, 6.07) is 16.3. The van der Waals surface area contributed by atoms with Crippen LogP contribution < -0.4 is 0 Å². The average molecular weight is 382 g/mol. The van der Waals surface area contributed by atoms with Gasteiger partial charge in [-0.05, 0) is 49.5 Å². The molecule has 2 aromatic rings. The molecule has 3 rings (SSSR count). The Morgan fingerprint density at radius 1 is 0.963 bits per heavy atom.